The molecular formula is C12H18N2O5S. The van der Waals surface area contributed by atoms with Gasteiger partial charge in [-0.25, -0.2) is 8.42 Å². The predicted octanol–water partition coefficient (Wildman–Crippen LogP) is -0.465. The van der Waals surface area contributed by atoms with Gasteiger partial charge in [0.05, 0.1) is 23.2 Å². The monoisotopic (exact) mass is 302 g/mol. The number of aromatic amines is 1. The SMILES string of the molecule is CC1(C)CN(S(=O)(=O)c2ccc(=O)[nH]c2)CC(CO)O1. The molecule has 0 saturated carbocycles. The summed E-state index contributed by atoms with van der Waals surface area (Å²) in [5, 5.41) is 9.22. The summed E-state index contributed by atoms with van der Waals surface area (Å²) in [7, 11) is -3.72. The van der Waals surface area contributed by atoms with E-state index in [0.717, 1.165) is 0 Å². The highest BCUT2D eigenvalue weighted by Gasteiger charge is 2.39. The van der Waals surface area contributed by atoms with E-state index < -0.39 is 21.7 Å². The minimum absolute atomic E-state index is 0.0199. The third kappa shape index (κ3) is 3.09. The average Bonchev–Trinajstić information content (AvgIpc) is 2.37. The molecule has 112 valence electrons. The zero-order valence-electron chi connectivity index (χ0n) is 11.4. The first kappa shape index (κ1) is 15.2. The second-order valence-electron chi connectivity index (χ2n) is 5.37. The lowest BCUT2D eigenvalue weighted by molar-refractivity contribution is -0.131. The quantitative estimate of drug-likeness (QED) is 0.787. The van der Waals surface area contributed by atoms with Gasteiger partial charge in [0.25, 0.3) is 0 Å². The van der Waals surface area contributed by atoms with Crippen molar-refractivity contribution < 1.29 is 18.3 Å². The number of pyridine rings is 1. The minimum atomic E-state index is -3.72. The molecule has 2 heterocycles. The van der Waals surface area contributed by atoms with Crippen LogP contribution in [0.1, 0.15) is 13.8 Å². The van der Waals surface area contributed by atoms with Gasteiger partial charge in [0.15, 0.2) is 0 Å². The van der Waals surface area contributed by atoms with Crippen LogP contribution in [0, 0.1) is 0 Å². The Hall–Kier alpha value is -1.22. The third-order valence-electron chi connectivity index (χ3n) is 3.05. The van der Waals surface area contributed by atoms with Crippen LogP contribution in [0.3, 0.4) is 0 Å². The first-order chi connectivity index (χ1) is 9.24. The second kappa shape index (κ2) is 5.28. The summed E-state index contributed by atoms with van der Waals surface area (Å²) in [6.07, 6.45) is 0.616. The summed E-state index contributed by atoms with van der Waals surface area (Å²) in [5.41, 5.74) is -1.04. The number of ether oxygens (including phenoxy) is 1. The van der Waals surface area contributed by atoms with E-state index in [0.29, 0.717) is 0 Å². The number of sulfonamides is 1. The smallest absolute Gasteiger partial charge is 0.247 e. The molecule has 1 atom stereocenters. The molecular weight excluding hydrogens is 284 g/mol. The summed E-state index contributed by atoms with van der Waals surface area (Å²) in [6, 6.07) is 2.44. The molecule has 7 nitrogen and oxygen atoms in total. The Balaban J connectivity index is 2.33. The summed E-state index contributed by atoms with van der Waals surface area (Å²) >= 11 is 0. The highest BCUT2D eigenvalue weighted by atomic mass is 32.2. The number of rotatable bonds is 3. The molecule has 0 aromatic carbocycles. The lowest BCUT2D eigenvalue weighted by Gasteiger charge is -2.41. The molecule has 0 spiro atoms. The normalized spacial score (nSPS) is 23.6. The van der Waals surface area contributed by atoms with E-state index in [4.69, 9.17) is 4.74 Å². The zero-order valence-corrected chi connectivity index (χ0v) is 12.2. The van der Waals surface area contributed by atoms with Crippen molar-refractivity contribution in [3.05, 3.63) is 28.7 Å². The zero-order chi connectivity index (χ0) is 15.0. The number of aliphatic hydroxyl groups is 1. The molecule has 1 aromatic rings. The Morgan fingerprint density at radius 2 is 2.20 bits per heavy atom. The molecule has 0 aliphatic carbocycles. The molecule has 0 radical (unpaired) electrons. The van der Waals surface area contributed by atoms with Gasteiger partial charge in [0, 0.05) is 25.4 Å². The standard InChI is InChI=1S/C12H18N2O5S/c1-12(2)8-14(6-9(7-15)19-12)20(17,18)10-3-4-11(16)13-5-10/h3-5,9,15H,6-8H2,1-2H3,(H,13,16). The average molecular weight is 302 g/mol. The molecule has 1 saturated heterocycles. The fraction of sp³-hybridized carbons (Fsp3) is 0.583. The van der Waals surface area contributed by atoms with Crippen molar-refractivity contribution in [1.82, 2.24) is 9.29 Å². The Kier molecular flexibility index (Phi) is 4.01. The fourth-order valence-corrected chi connectivity index (χ4v) is 3.82. The van der Waals surface area contributed by atoms with Crippen molar-refractivity contribution >= 4 is 10.0 Å². The van der Waals surface area contributed by atoms with Crippen LogP contribution in [0.4, 0.5) is 0 Å². The highest BCUT2D eigenvalue weighted by Crippen LogP contribution is 2.25. The molecule has 20 heavy (non-hydrogen) atoms. The number of hydrogen-bond donors (Lipinski definition) is 2. The van der Waals surface area contributed by atoms with Gasteiger partial charge in [-0.05, 0) is 19.9 Å². The van der Waals surface area contributed by atoms with Crippen LogP contribution in [0.25, 0.3) is 0 Å². The van der Waals surface area contributed by atoms with Crippen LogP contribution in [-0.4, -0.2) is 54.2 Å². The summed E-state index contributed by atoms with van der Waals surface area (Å²) in [4.78, 5) is 13.4. The number of aliphatic hydroxyl groups excluding tert-OH is 1. The fourth-order valence-electron chi connectivity index (χ4n) is 2.23. The third-order valence-corrected chi connectivity index (χ3v) is 4.85. The molecule has 1 aromatic heterocycles. The lowest BCUT2D eigenvalue weighted by atomic mass is 10.1. The Morgan fingerprint density at radius 1 is 1.50 bits per heavy atom. The largest absolute Gasteiger partial charge is 0.394 e. The maximum Gasteiger partial charge on any atom is 0.247 e. The van der Waals surface area contributed by atoms with Crippen molar-refractivity contribution in [3.8, 4) is 0 Å². The van der Waals surface area contributed by atoms with Gasteiger partial charge < -0.3 is 14.8 Å². The topological polar surface area (TPSA) is 99.7 Å². The Labute approximate surface area is 117 Å². The van der Waals surface area contributed by atoms with Crippen molar-refractivity contribution in [1.29, 1.82) is 0 Å². The van der Waals surface area contributed by atoms with Gasteiger partial charge in [0.2, 0.25) is 15.6 Å². The highest BCUT2D eigenvalue weighted by molar-refractivity contribution is 7.89. The number of aromatic nitrogens is 1. The maximum absolute atomic E-state index is 12.5. The van der Waals surface area contributed by atoms with Crippen molar-refractivity contribution in [3.63, 3.8) is 0 Å². The van der Waals surface area contributed by atoms with E-state index in [9.17, 15) is 18.3 Å². The summed E-state index contributed by atoms with van der Waals surface area (Å²) in [5.74, 6) is 0. The number of nitrogens with zero attached hydrogens (tertiary/aromatic N) is 1. The Morgan fingerprint density at radius 3 is 2.75 bits per heavy atom. The number of nitrogens with one attached hydrogen (secondary N) is 1. The van der Waals surface area contributed by atoms with Crippen LogP contribution in [0.2, 0.25) is 0 Å². The van der Waals surface area contributed by atoms with Crippen LogP contribution >= 0.6 is 0 Å². The molecule has 1 unspecified atom stereocenters. The van der Waals surface area contributed by atoms with Gasteiger partial charge in [0.1, 0.15) is 0 Å². The van der Waals surface area contributed by atoms with E-state index in [1.54, 1.807) is 13.8 Å². The lowest BCUT2D eigenvalue weighted by Crippen LogP contribution is -2.55. The molecule has 8 heteroatoms. The van der Waals surface area contributed by atoms with Crippen LogP contribution < -0.4 is 5.56 Å². The van der Waals surface area contributed by atoms with Gasteiger partial charge in [-0.15, -0.1) is 0 Å². The minimum Gasteiger partial charge on any atom is -0.394 e. The first-order valence-electron chi connectivity index (χ1n) is 6.22. The Bertz CT molecular complexity index is 617. The van der Waals surface area contributed by atoms with Crippen LogP contribution in [0.15, 0.2) is 28.0 Å². The molecule has 0 amide bonds. The number of hydrogen-bond acceptors (Lipinski definition) is 5. The second-order valence-corrected chi connectivity index (χ2v) is 7.31. The number of morpholine rings is 1. The van der Waals surface area contributed by atoms with E-state index in [-0.39, 0.29) is 30.2 Å². The molecule has 1 fully saturated rings. The molecule has 1 aliphatic rings. The van der Waals surface area contributed by atoms with Crippen molar-refractivity contribution in [2.24, 2.45) is 0 Å². The van der Waals surface area contributed by atoms with Crippen molar-refractivity contribution in [2.75, 3.05) is 19.7 Å². The van der Waals surface area contributed by atoms with Gasteiger partial charge >= 0.3 is 0 Å². The van der Waals surface area contributed by atoms with E-state index in [1.165, 1.54) is 22.6 Å². The molecule has 0 bridgehead atoms. The molecule has 2 rings (SSSR count). The van der Waals surface area contributed by atoms with Crippen molar-refractivity contribution in [2.45, 2.75) is 30.4 Å². The van der Waals surface area contributed by atoms with Gasteiger partial charge in [-0.1, -0.05) is 0 Å². The summed E-state index contributed by atoms with van der Waals surface area (Å²) < 4.78 is 31.9. The molecule has 2 N–H and O–H groups in total. The van der Waals surface area contributed by atoms with Gasteiger partial charge in [-0.3, -0.25) is 4.79 Å². The maximum atomic E-state index is 12.5. The molecule has 1 aliphatic heterocycles. The van der Waals surface area contributed by atoms with E-state index in [1.807, 2.05) is 0 Å². The van der Waals surface area contributed by atoms with E-state index >= 15 is 0 Å². The van der Waals surface area contributed by atoms with Gasteiger partial charge in [-0.2, -0.15) is 4.31 Å². The van der Waals surface area contributed by atoms with Crippen LogP contribution in [0.5, 0.6) is 0 Å². The van der Waals surface area contributed by atoms with E-state index in [2.05, 4.69) is 4.98 Å². The first-order valence-corrected chi connectivity index (χ1v) is 7.66. The van der Waals surface area contributed by atoms with Crippen LogP contribution in [-0.2, 0) is 14.8 Å². The summed E-state index contributed by atoms with van der Waals surface area (Å²) in [6.45, 7) is 3.56. The number of H-pyrrole nitrogens is 1. The predicted molar refractivity (Wildman–Crippen MR) is 71.9 cm³/mol.